The molecular formula is C66H117NO8. The van der Waals surface area contributed by atoms with Crippen LogP contribution in [0.4, 0.5) is 0 Å². The average Bonchev–Trinajstić information content (AvgIpc) is 3.38. The monoisotopic (exact) mass is 1050 g/mol. The Labute approximate surface area is 462 Å². The van der Waals surface area contributed by atoms with E-state index in [9.17, 15) is 19.5 Å². The minimum absolute atomic E-state index is 0.145. The number of carboxylic acids is 1. The van der Waals surface area contributed by atoms with Crippen LogP contribution in [0.1, 0.15) is 271 Å². The maximum absolute atomic E-state index is 12.9. The van der Waals surface area contributed by atoms with Crippen LogP contribution < -0.4 is 5.11 Å². The van der Waals surface area contributed by atoms with Gasteiger partial charge in [-0.05, 0) is 83.5 Å². The molecular weight excluding hydrogens is 935 g/mol. The summed E-state index contributed by atoms with van der Waals surface area (Å²) in [6.45, 7) is 4.61. The molecule has 0 spiro atoms. The van der Waals surface area contributed by atoms with E-state index in [1.807, 2.05) is 21.1 Å². The number of hydrogen-bond donors (Lipinski definition) is 0. The van der Waals surface area contributed by atoms with Crippen LogP contribution in [-0.4, -0.2) is 82.3 Å². The molecule has 0 rings (SSSR count). The lowest BCUT2D eigenvalue weighted by atomic mass is 10.0. The lowest BCUT2D eigenvalue weighted by Crippen LogP contribution is -2.44. The summed E-state index contributed by atoms with van der Waals surface area (Å²) in [7, 11) is 5.92. The van der Waals surface area contributed by atoms with Gasteiger partial charge in [0.15, 0.2) is 12.4 Å². The van der Waals surface area contributed by atoms with Gasteiger partial charge >= 0.3 is 11.9 Å². The van der Waals surface area contributed by atoms with E-state index < -0.39 is 24.3 Å². The molecule has 0 aromatic carbocycles. The number of quaternary nitrogens is 1. The zero-order valence-electron chi connectivity index (χ0n) is 49.4. The number of likely N-dealkylation sites (N-methyl/N-ethyl adjacent to an activating group) is 1. The quantitative estimate of drug-likeness (QED) is 0.0195. The average molecular weight is 1050 g/mol. The topological polar surface area (TPSA) is 111 Å². The fourth-order valence-corrected chi connectivity index (χ4v) is 8.68. The number of aliphatic carboxylic acids is 1. The van der Waals surface area contributed by atoms with E-state index in [-0.39, 0.29) is 38.6 Å². The number of carbonyl (C=O) groups excluding carboxylic acids is 3. The molecule has 0 fully saturated rings. The zero-order chi connectivity index (χ0) is 54.8. The first-order valence-corrected chi connectivity index (χ1v) is 31.1. The van der Waals surface area contributed by atoms with Crippen LogP contribution in [-0.2, 0) is 33.3 Å². The number of carbonyl (C=O) groups is 3. The predicted octanol–water partition coefficient (Wildman–Crippen LogP) is 17.2. The van der Waals surface area contributed by atoms with E-state index >= 15 is 0 Å². The first-order chi connectivity index (χ1) is 36.6. The number of rotatable bonds is 57. The molecule has 0 saturated heterocycles. The van der Waals surface area contributed by atoms with Gasteiger partial charge < -0.3 is 33.3 Å². The zero-order valence-corrected chi connectivity index (χ0v) is 49.4. The van der Waals surface area contributed by atoms with E-state index in [4.69, 9.17) is 18.9 Å². The van der Waals surface area contributed by atoms with Crippen LogP contribution in [0, 0.1) is 0 Å². The molecule has 75 heavy (non-hydrogen) atoms. The minimum Gasteiger partial charge on any atom is -0.545 e. The van der Waals surface area contributed by atoms with Gasteiger partial charge in [-0.3, -0.25) is 9.59 Å². The third-order valence-corrected chi connectivity index (χ3v) is 13.4. The van der Waals surface area contributed by atoms with Crippen molar-refractivity contribution in [3.63, 3.8) is 0 Å². The summed E-state index contributed by atoms with van der Waals surface area (Å²) < 4.78 is 22.7. The van der Waals surface area contributed by atoms with Crippen LogP contribution in [0.3, 0.4) is 0 Å². The molecule has 0 heterocycles. The number of allylic oxidation sites excluding steroid dienone is 12. The third kappa shape index (κ3) is 58.3. The molecule has 9 heteroatoms. The van der Waals surface area contributed by atoms with Crippen LogP contribution in [0.5, 0.6) is 0 Å². The van der Waals surface area contributed by atoms with Crippen LogP contribution in [0.15, 0.2) is 72.9 Å². The normalized spacial score (nSPS) is 13.2. The SMILES string of the molecule is CC/C=C\C/C=C\C/C=C\C/C=C\CCCCCCCCCCCCCCCCCCCCCCCCC(=O)OC(COC(=O)CCCCCCC/C=C\C/C=C\CCCCC)COC(OCC[N+](C)(C)C)C(=O)[O-]. The van der Waals surface area contributed by atoms with Gasteiger partial charge in [0.1, 0.15) is 13.2 Å². The molecule has 0 aliphatic rings. The van der Waals surface area contributed by atoms with Crippen molar-refractivity contribution in [1.29, 1.82) is 0 Å². The second-order valence-corrected chi connectivity index (χ2v) is 22.0. The second-order valence-electron chi connectivity index (χ2n) is 22.0. The fraction of sp³-hybridized carbons (Fsp3) is 0.773. The van der Waals surface area contributed by atoms with Crippen LogP contribution in [0.2, 0.25) is 0 Å². The Bertz CT molecular complexity index is 1460. The largest absolute Gasteiger partial charge is 0.545 e. The highest BCUT2D eigenvalue weighted by atomic mass is 16.7. The van der Waals surface area contributed by atoms with E-state index in [2.05, 4.69) is 86.8 Å². The van der Waals surface area contributed by atoms with Gasteiger partial charge in [0.25, 0.3) is 0 Å². The Balaban J connectivity index is 4.05. The van der Waals surface area contributed by atoms with Crippen molar-refractivity contribution >= 4 is 17.9 Å². The number of carboxylic acid groups (broad SMARTS) is 1. The van der Waals surface area contributed by atoms with Crippen LogP contribution >= 0.6 is 0 Å². The summed E-state index contributed by atoms with van der Waals surface area (Å²) in [5.41, 5.74) is 0. The highest BCUT2D eigenvalue weighted by Crippen LogP contribution is 2.17. The smallest absolute Gasteiger partial charge is 0.306 e. The van der Waals surface area contributed by atoms with Gasteiger partial charge in [-0.2, -0.15) is 0 Å². The first-order valence-electron chi connectivity index (χ1n) is 31.1. The lowest BCUT2D eigenvalue weighted by molar-refractivity contribution is -0.870. The second kappa shape index (κ2) is 56.9. The first kappa shape index (κ1) is 71.7. The lowest BCUT2D eigenvalue weighted by Gasteiger charge is -2.26. The van der Waals surface area contributed by atoms with E-state index in [0.29, 0.717) is 17.4 Å². The fourth-order valence-electron chi connectivity index (χ4n) is 8.68. The minimum atomic E-state index is -1.62. The van der Waals surface area contributed by atoms with Crippen molar-refractivity contribution in [2.75, 3.05) is 47.5 Å². The summed E-state index contributed by atoms with van der Waals surface area (Å²) >= 11 is 0. The van der Waals surface area contributed by atoms with Gasteiger partial charge in [-0.15, -0.1) is 0 Å². The van der Waals surface area contributed by atoms with Gasteiger partial charge in [0.05, 0.1) is 40.3 Å². The molecule has 0 aromatic rings. The summed E-state index contributed by atoms with van der Waals surface area (Å²) in [5.74, 6) is -2.29. The maximum Gasteiger partial charge on any atom is 0.306 e. The van der Waals surface area contributed by atoms with Crippen molar-refractivity contribution in [1.82, 2.24) is 0 Å². The van der Waals surface area contributed by atoms with Crippen molar-refractivity contribution in [2.24, 2.45) is 0 Å². The Hall–Kier alpha value is -3.27. The third-order valence-electron chi connectivity index (χ3n) is 13.4. The molecule has 0 radical (unpaired) electrons. The Morgan fingerprint density at radius 3 is 1.13 bits per heavy atom. The summed E-state index contributed by atoms with van der Waals surface area (Å²) in [4.78, 5) is 37.3. The molecule has 9 nitrogen and oxygen atoms in total. The van der Waals surface area contributed by atoms with E-state index in [1.165, 1.54) is 154 Å². The molecule has 0 N–H and O–H groups in total. The number of nitrogens with zero attached hydrogens (tertiary/aromatic N) is 1. The van der Waals surface area contributed by atoms with Gasteiger partial charge in [-0.25, -0.2) is 0 Å². The highest BCUT2D eigenvalue weighted by molar-refractivity contribution is 5.70. The molecule has 434 valence electrons. The molecule has 0 aromatic heterocycles. The Kier molecular flexibility index (Phi) is 54.4. The van der Waals surface area contributed by atoms with E-state index in [1.54, 1.807) is 0 Å². The summed E-state index contributed by atoms with van der Waals surface area (Å²) in [6, 6.07) is 0. The van der Waals surface area contributed by atoms with Crippen LogP contribution in [0.25, 0.3) is 0 Å². The van der Waals surface area contributed by atoms with E-state index in [0.717, 1.165) is 83.5 Å². The number of unbranched alkanes of at least 4 members (excludes halogenated alkanes) is 30. The summed E-state index contributed by atoms with van der Waals surface area (Å²) in [6.07, 6.45) is 71.2. The molecule has 0 saturated carbocycles. The number of ether oxygens (including phenoxy) is 4. The Morgan fingerprint density at radius 2 is 0.760 bits per heavy atom. The maximum atomic E-state index is 12.9. The van der Waals surface area contributed by atoms with Crippen molar-refractivity contribution in [2.45, 2.75) is 283 Å². The molecule has 2 unspecified atom stereocenters. The predicted molar refractivity (Wildman–Crippen MR) is 315 cm³/mol. The molecule has 0 aliphatic heterocycles. The molecule has 0 bridgehead atoms. The highest BCUT2D eigenvalue weighted by Gasteiger charge is 2.22. The number of esters is 2. The standard InChI is InChI=1S/C66H117NO8/c1-6-8-10-12-14-16-18-20-22-23-24-25-26-27-28-29-30-31-32-33-34-35-36-37-38-39-40-41-43-45-47-49-51-53-55-57-64(69)75-62(61-74-66(65(70)71)72-59-58-67(3,4)5)60-73-63(68)56-54-52-50-48-46-44-42-21-19-17-15-13-11-9-7-2/h8,10,14-17,20-22,24-25,42,62,66H,6-7,9,11-13,18-19,23,26-41,43-61H2,1-5H3/b10-8-,16-14-,17-15-,22-20-,25-24-,42-21-. The van der Waals surface area contributed by atoms with Gasteiger partial charge in [0, 0.05) is 12.8 Å². The Morgan fingerprint density at radius 1 is 0.413 bits per heavy atom. The van der Waals surface area contributed by atoms with Crippen molar-refractivity contribution in [3.05, 3.63) is 72.9 Å². The molecule has 0 aliphatic carbocycles. The van der Waals surface area contributed by atoms with Crippen molar-refractivity contribution < 1.29 is 42.9 Å². The molecule has 0 amide bonds. The molecule has 2 atom stereocenters. The van der Waals surface area contributed by atoms with Crippen molar-refractivity contribution in [3.8, 4) is 0 Å². The summed E-state index contributed by atoms with van der Waals surface area (Å²) in [5, 5.41) is 11.8. The van der Waals surface area contributed by atoms with Gasteiger partial charge in [-0.1, -0.05) is 247 Å². The number of hydrogen-bond acceptors (Lipinski definition) is 8. The van der Waals surface area contributed by atoms with Gasteiger partial charge in [0.2, 0.25) is 0 Å².